The van der Waals surface area contributed by atoms with Crippen molar-refractivity contribution in [3.8, 4) is 6.07 Å². The molecule has 2 aromatic carbocycles. The maximum absolute atomic E-state index is 13.3. The van der Waals surface area contributed by atoms with Crippen LogP contribution in [0.1, 0.15) is 11.3 Å². The van der Waals surface area contributed by atoms with Crippen LogP contribution in [0.4, 0.5) is 15.8 Å². The summed E-state index contributed by atoms with van der Waals surface area (Å²) >= 11 is 1.39. The number of rotatable bonds is 4. The van der Waals surface area contributed by atoms with Gasteiger partial charge in [-0.2, -0.15) is 5.26 Å². The summed E-state index contributed by atoms with van der Waals surface area (Å²) in [6.07, 6.45) is 0.186. The van der Waals surface area contributed by atoms with Crippen LogP contribution in [-0.2, 0) is 18.3 Å². The molecule has 0 aliphatic carbocycles. The number of nitrogens with one attached hydrogen (secondary N) is 1. The van der Waals surface area contributed by atoms with Crippen molar-refractivity contribution in [2.75, 3.05) is 5.32 Å². The molecule has 0 radical (unpaired) electrons. The van der Waals surface area contributed by atoms with E-state index in [-0.39, 0.29) is 30.6 Å². The number of anilines is 1. The van der Waals surface area contributed by atoms with Gasteiger partial charge >= 0.3 is 0 Å². The van der Waals surface area contributed by atoms with Crippen molar-refractivity contribution in [2.24, 2.45) is 12.0 Å². The van der Waals surface area contributed by atoms with E-state index in [2.05, 4.69) is 10.3 Å². The molecule has 8 heteroatoms. The Labute approximate surface area is 165 Å². The van der Waals surface area contributed by atoms with E-state index in [0.717, 1.165) is 5.69 Å². The van der Waals surface area contributed by atoms with E-state index in [4.69, 9.17) is 5.26 Å². The van der Waals surface area contributed by atoms with Crippen LogP contribution in [0, 0.1) is 17.1 Å². The van der Waals surface area contributed by atoms with Crippen LogP contribution < -0.4 is 10.1 Å². The van der Waals surface area contributed by atoms with Gasteiger partial charge in [-0.1, -0.05) is 6.07 Å². The second kappa shape index (κ2) is 9.12. The third-order valence-corrected chi connectivity index (χ3v) is 4.66. The van der Waals surface area contributed by atoms with Crippen LogP contribution in [-0.4, -0.2) is 10.5 Å². The highest BCUT2D eigenvalue weighted by Crippen LogP contribution is 2.13. The van der Waals surface area contributed by atoms with Crippen molar-refractivity contribution in [3.63, 3.8) is 0 Å². The second-order valence-corrected chi connectivity index (χ2v) is 6.41. The summed E-state index contributed by atoms with van der Waals surface area (Å²) in [5, 5.41) is 13.4. The summed E-state index contributed by atoms with van der Waals surface area (Å²) in [5.41, 5.74) is 2.50. The predicted octanol–water partition coefficient (Wildman–Crippen LogP) is 3.93. The molecule has 3 rings (SSSR count). The van der Waals surface area contributed by atoms with Gasteiger partial charge in [-0.25, -0.2) is 9.38 Å². The molecular weight excluding hydrogens is 387 g/mol. The Hall–Kier alpha value is -2.95. The fourth-order valence-corrected chi connectivity index (χ4v) is 3.23. The molecule has 1 N–H and O–H groups in total. The van der Waals surface area contributed by atoms with E-state index in [9.17, 15) is 9.18 Å². The van der Waals surface area contributed by atoms with Gasteiger partial charge in [0, 0.05) is 23.8 Å². The van der Waals surface area contributed by atoms with Crippen molar-refractivity contribution in [3.05, 3.63) is 75.8 Å². The van der Waals surface area contributed by atoms with Crippen LogP contribution in [0.3, 0.4) is 0 Å². The Balaban J connectivity index is 0.00000261. The summed E-state index contributed by atoms with van der Waals surface area (Å²) in [5.74, 6) is -0.507. The van der Waals surface area contributed by atoms with E-state index in [0.29, 0.717) is 21.7 Å². The number of nitrogens with zero attached hydrogens (tertiary/aromatic N) is 3. The fraction of sp³-hybridized carbons (Fsp3) is 0.105. The van der Waals surface area contributed by atoms with Crippen LogP contribution >= 0.6 is 23.7 Å². The van der Waals surface area contributed by atoms with Crippen LogP contribution in [0.5, 0.6) is 0 Å². The first kappa shape index (κ1) is 20.4. The number of carbonyl (C=O) groups is 1. The lowest BCUT2D eigenvalue weighted by molar-refractivity contribution is -0.115. The van der Waals surface area contributed by atoms with Gasteiger partial charge in [0.2, 0.25) is 5.91 Å². The largest absolute Gasteiger partial charge is 0.326 e. The summed E-state index contributed by atoms with van der Waals surface area (Å²) in [7, 11) is 1.82. The molecule has 5 nitrogen and oxygen atoms in total. The van der Waals surface area contributed by atoms with Gasteiger partial charge in [0.15, 0.2) is 4.80 Å². The minimum absolute atomic E-state index is 0. The zero-order valence-electron chi connectivity index (χ0n) is 14.3. The highest BCUT2D eigenvalue weighted by Gasteiger charge is 2.09. The first-order chi connectivity index (χ1) is 12.5. The quantitative estimate of drug-likeness (QED) is 0.718. The lowest BCUT2D eigenvalue weighted by atomic mass is 10.2. The zero-order chi connectivity index (χ0) is 18.5. The van der Waals surface area contributed by atoms with E-state index >= 15 is 0 Å². The Morgan fingerprint density at radius 2 is 2.04 bits per heavy atom. The minimum atomic E-state index is -0.340. The Kier molecular flexibility index (Phi) is 6.88. The normalized spacial score (nSPS) is 10.8. The topological polar surface area (TPSA) is 70.2 Å². The maximum atomic E-state index is 13.3. The summed E-state index contributed by atoms with van der Waals surface area (Å²) in [6, 6.07) is 14.8. The number of carbonyl (C=O) groups excluding carboxylic acids is 1. The van der Waals surface area contributed by atoms with Crippen LogP contribution in [0.25, 0.3) is 0 Å². The Bertz CT molecular complexity index is 1050. The predicted molar refractivity (Wildman–Crippen MR) is 106 cm³/mol. The molecule has 0 saturated heterocycles. The fourth-order valence-electron chi connectivity index (χ4n) is 2.32. The lowest BCUT2D eigenvalue weighted by Crippen LogP contribution is -2.19. The summed E-state index contributed by atoms with van der Waals surface area (Å²) < 4.78 is 15.1. The Morgan fingerprint density at radius 1 is 1.30 bits per heavy atom. The third kappa shape index (κ3) is 5.26. The van der Waals surface area contributed by atoms with Crippen molar-refractivity contribution in [1.82, 2.24) is 4.57 Å². The van der Waals surface area contributed by atoms with Crippen molar-refractivity contribution in [2.45, 2.75) is 6.42 Å². The highest BCUT2D eigenvalue weighted by molar-refractivity contribution is 7.07. The molecule has 1 aromatic heterocycles. The van der Waals surface area contributed by atoms with E-state index in [1.165, 1.54) is 23.5 Å². The van der Waals surface area contributed by atoms with Gasteiger partial charge in [-0.15, -0.1) is 23.7 Å². The number of nitriles is 1. The molecule has 27 heavy (non-hydrogen) atoms. The van der Waals surface area contributed by atoms with Gasteiger partial charge in [0.05, 0.1) is 23.7 Å². The zero-order valence-corrected chi connectivity index (χ0v) is 16.0. The maximum Gasteiger partial charge on any atom is 0.230 e. The molecular formula is C19H16ClFN4OS. The molecule has 0 unspecified atom stereocenters. The number of amides is 1. The van der Waals surface area contributed by atoms with Crippen molar-refractivity contribution < 1.29 is 9.18 Å². The summed E-state index contributed by atoms with van der Waals surface area (Å²) in [4.78, 5) is 17.3. The first-order valence-corrected chi connectivity index (χ1v) is 8.67. The molecule has 1 heterocycles. The molecule has 3 aromatic rings. The number of benzene rings is 2. The lowest BCUT2D eigenvalue weighted by Gasteiger charge is -2.06. The molecule has 0 aliphatic heterocycles. The van der Waals surface area contributed by atoms with Gasteiger partial charge < -0.3 is 9.88 Å². The van der Waals surface area contributed by atoms with Crippen LogP contribution in [0.15, 0.2) is 58.9 Å². The molecule has 138 valence electrons. The minimum Gasteiger partial charge on any atom is -0.326 e. The average Bonchev–Trinajstić information content (AvgIpc) is 2.96. The standard InChI is InChI=1S/C19H15FN4OS.ClH/c1-24-17(10-18(25)22-15-7-5-13(11-21)6-8-15)12-26-19(24)23-16-4-2-3-14(20)9-16;/h2-9,12H,10H2,1H3,(H,22,25);1H. The van der Waals surface area contributed by atoms with Gasteiger partial charge in [-0.05, 0) is 42.5 Å². The smallest absolute Gasteiger partial charge is 0.230 e. The Morgan fingerprint density at radius 3 is 2.70 bits per heavy atom. The SMILES string of the molecule is Cl.Cn1c(CC(=O)Nc2ccc(C#N)cc2)csc1=Nc1cccc(F)c1. The molecule has 0 aliphatic rings. The number of halogens is 2. The average molecular weight is 403 g/mol. The van der Waals surface area contributed by atoms with E-state index in [1.54, 1.807) is 36.4 Å². The second-order valence-electron chi connectivity index (χ2n) is 5.57. The molecule has 1 amide bonds. The number of hydrogen-bond acceptors (Lipinski definition) is 4. The van der Waals surface area contributed by atoms with E-state index < -0.39 is 0 Å². The monoisotopic (exact) mass is 402 g/mol. The molecule has 0 fully saturated rings. The number of aromatic nitrogens is 1. The highest BCUT2D eigenvalue weighted by atomic mass is 35.5. The third-order valence-electron chi connectivity index (χ3n) is 3.69. The number of hydrogen-bond donors (Lipinski definition) is 1. The van der Waals surface area contributed by atoms with Gasteiger partial charge in [0.1, 0.15) is 5.82 Å². The molecule has 0 spiro atoms. The molecule has 0 saturated carbocycles. The van der Waals surface area contributed by atoms with E-state index in [1.807, 2.05) is 23.1 Å². The van der Waals surface area contributed by atoms with Gasteiger partial charge in [-0.3, -0.25) is 4.79 Å². The van der Waals surface area contributed by atoms with Crippen molar-refractivity contribution >= 4 is 41.0 Å². The molecule has 0 bridgehead atoms. The number of thiazole rings is 1. The van der Waals surface area contributed by atoms with Crippen molar-refractivity contribution in [1.29, 1.82) is 5.26 Å². The van der Waals surface area contributed by atoms with Crippen LogP contribution in [0.2, 0.25) is 0 Å². The first-order valence-electron chi connectivity index (χ1n) is 7.79. The molecule has 0 atom stereocenters. The summed E-state index contributed by atoms with van der Waals surface area (Å²) in [6.45, 7) is 0. The van der Waals surface area contributed by atoms with Gasteiger partial charge in [0.25, 0.3) is 0 Å².